The lowest BCUT2D eigenvalue weighted by Crippen LogP contribution is -2.37. The van der Waals surface area contributed by atoms with Crippen LogP contribution in [0.3, 0.4) is 0 Å². The Morgan fingerprint density at radius 1 is 1.08 bits per heavy atom. The molecule has 0 fully saturated rings. The van der Waals surface area contributed by atoms with Crippen LogP contribution in [0.25, 0.3) is 0 Å². The second kappa shape index (κ2) is 8.53. The number of benzene rings is 1. The predicted octanol–water partition coefficient (Wildman–Crippen LogP) is 2.87. The molecule has 1 heterocycles. The number of aliphatic hydroxyl groups excluding tert-OH is 1. The molecule has 2 aromatic rings. The van der Waals surface area contributed by atoms with E-state index in [4.69, 9.17) is 0 Å². The van der Waals surface area contributed by atoms with E-state index in [1.807, 2.05) is 13.8 Å². The summed E-state index contributed by atoms with van der Waals surface area (Å²) in [6, 6.07) is 8.51. The molecular weight excluding hydrogens is 310 g/mol. The Morgan fingerprint density at radius 2 is 1.79 bits per heavy atom. The number of nitrogens with zero attached hydrogens (tertiary/aromatic N) is 1. The molecule has 0 saturated carbocycles. The number of aliphatic hydroxyl groups is 1. The minimum absolute atomic E-state index is 0.0245. The van der Waals surface area contributed by atoms with Gasteiger partial charge in [0.05, 0.1) is 12.3 Å². The molecule has 0 aliphatic heterocycles. The number of halogens is 2. The molecule has 0 aliphatic rings. The van der Waals surface area contributed by atoms with Crippen molar-refractivity contribution in [2.24, 2.45) is 5.92 Å². The Bertz CT molecular complexity index is 733. The first-order valence-electron chi connectivity index (χ1n) is 7.77. The Labute approximate surface area is 140 Å². The van der Waals surface area contributed by atoms with Gasteiger partial charge in [-0.25, -0.2) is 13.8 Å². The van der Waals surface area contributed by atoms with E-state index in [2.05, 4.69) is 22.1 Å². The van der Waals surface area contributed by atoms with Gasteiger partial charge < -0.3 is 10.4 Å². The summed E-state index contributed by atoms with van der Waals surface area (Å²) in [6.45, 7) is 4.13. The van der Waals surface area contributed by atoms with Gasteiger partial charge in [-0.2, -0.15) is 0 Å². The average Bonchev–Trinajstić information content (AvgIpc) is 2.57. The van der Waals surface area contributed by atoms with Crippen molar-refractivity contribution >= 4 is 0 Å². The summed E-state index contributed by atoms with van der Waals surface area (Å²) in [4.78, 5) is 4.20. The largest absolute Gasteiger partial charge is 0.395 e. The zero-order chi connectivity index (χ0) is 17.5. The van der Waals surface area contributed by atoms with Crippen molar-refractivity contribution in [3.63, 3.8) is 0 Å². The van der Waals surface area contributed by atoms with Gasteiger partial charge in [0.2, 0.25) is 0 Å². The summed E-state index contributed by atoms with van der Waals surface area (Å²) in [5.41, 5.74) is 1.34. The summed E-state index contributed by atoms with van der Waals surface area (Å²) in [5.74, 6) is 5.19. The average molecular weight is 330 g/mol. The highest BCUT2D eigenvalue weighted by Gasteiger charge is 2.13. The van der Waals surface area contributed by atoms with Gasteiger partial charge in [0, 0.05) is 18.2 Å². The molecule has 3 nitrogen and oxygen atoms in total. The molecule has 0 spiro atoms. The highest BCUT2D eigenvalue weighted by Crippen LogP contribution is 2.08. The van der Waals surface area contributed by atoms with Crippen LogP contribution >= 0.6 is 0 Å². The Kier molecular flexibility index (Phi) is 6.42. The number of pyridine rings is 1. The maximum Gasteiger partial charge on any atom is 0.146 e. The first-order chi connectivity index (χ1) is 11.5. The van der Waals surface area contributed by atoms with Crippen LogP contribution in [0.1, 0.15) is 30.8 Å². The van der Waals surface area contributed by atoms with E-state index in [1.165, 1.54) is 24.3 Å². The summed E-state index contributed by atoms with van der Waals surface area (Å²) in [7, 11) is 0. The highest BCUT2D eigenvalue weighted by atomic mass is 19.1. The number of hydrogen-bond donors (Lipinski definition) is 2. The molecule has 0 saturated heterocycles. The monoisotopic (exact) mass is 330 g/mol. The third-order valence-electron chi connectivity index (χ3n) is 3.63. The molecule has 1 atom stereocenters. The number of aromatic nitrogens is 1. The maximum absolute atomic E-state index is 13.9. The van der Waals surface area contributed by atoms with Crippen LogP contribution in [-0.2, 0) is 6.54 Å². The van der Waals surface area contributed by atoms with Crippen molar-refractivity contribution in [1.82, 2.24) is 10.3 Å². The minimum Gasteiger partial charge on any atom is -0.395 e. The molecule has 0 bridgehead atoms. The van der Waals surface area contributed by atoms with E-state index >= 15 is 0 Å². The van der Waals surface area contributed by atoms with Crippen LogP contribution in [0.2, 0.25) is 0 Å². The van der Waals surface area contributed by atoms with Gasteiger partial charge >= 0.3 is 0 Å². The first-order valence-corrected chi connectivity index (χ1v) is 7.77. The van der Waals surface area contributed by atoms with Gasteiger partial charge in [0.1, 0.15) is 17.3 Å². The van der Waals surface area contributed by atoms with E-state index < -0.39 is 5.82 Å². The van der Waals surface area contributed by atoms with Crippen LogP contribution in [0.5, 0.6) is 0 Å². The van der Waals surface area contributed by atoms with Crippen LogP contribution in [0, 0.1) is 29.4 Å². The fourth-order valence-corrected chi connectivity index (χ4v) is 2.09. The predicted molar refractivity (Wildman–Crippen MR) is 89.1 cm³/mol. The highest BCUT2D eigenvalue weighted by molar-refractivity contribution is 5.40. The topological polar surface area (TPSA) is 45.1 Å². The molecule has 1 aromatic heterocycles. The van der Waals surface area contributed by atoms with Gasteiger partial charge in [-0.05, 0) is 48.2 Å². The quantitative estimate of drug-likeness (QED) is 0.829. The van der Waals surface area contributed by atoms with E-state index in [-0.39, 0.29) is 36.6 Å². The van der Waals surface area contributed by atoms with Crippen LogP contribution < -0.4 is 5.32 Å². The van der Waals surface area contributed by atoms with Crippen molar-refractivity contribution in [2.45, 2.75) is 26.4 Å². The molecule has 0 amide bonds. The van der Waals surface area contributed by atoms with Gasteiger partial charge in [0.25, 0.3) is 0 Å². The van der Waals surface area contributed by atoms with E-state index in [1.54, 1.807) is 12.1 Å². The van der Waals surface area contributed by atoms with Gasteiger partial charge in [-0.1, -0.05) is 19.8 Å². The maximum atomic E-state index is 13.9. The smallest absolute Gasteiger partial charge is 0.146 e. The Morgan fingerprint density at radius 3 is 2.42 bits per heavy atom. The minimum atomic E-state index is -0.421. The number of nitrogens with one attached hydrogen (secondary N) is 1. The van der Waals surface area contributed by atoms with Crippen molar-refractivity contribution in [3.8, 4) is 11.8 Å². The van der Waals surface area contributed by atoms with Crippen molar-refractivity contribution < 1.29 is 13.9 Å². The normalized spacial score (nSPS) is 11.9. The van der Waals surface area contributed by atoms with Crippen molar-refractivity contribution in [2.75, 3.05) is 6.61 Å². The van der Waals surface area contributed by atoms with Gasteiger partial charge in [-0.15, -0.1) is 0 Å². The first kappa shape index (κ1) is 18.1. The van der Waals surface area contributed by atoms with Crippen LogP contribution in [-0.4, -0.2) is 22.7 Å². The third-order valence-corrected chi connectivity index (χ3v) is 3.63. The SMILES string of the molecule is CC(C)[C@H](CO)NCc1nc(C#Cc2ccc(F)cc2)ccc1F. The Hall–Kier alpha value is -2.29. The Balaban J connectivity index is 2.12. The molecule has 126 valence electrons. The van der Waals surface area contributed by atoms with E-state index in [9.17, 15) is 13.9 Å². The van der Waals surface area contributed by atoms with Gasteiger partial charge in [0.15, 0.2) is 0 Å². The summed E-state index contributed by atoms with van der Waals surface area (Å²) in [5, 5.41) is 12.4. The van der Waals surface area contributed by atoms with Crippen LogP contribution in [0.15, 0.2) is 36.4 Å². The second-order valence-electron chi connectivity index (χ2n) is 5.80. The zero-order valence-corrected chi connectivity index (χ0v) is 13.7. The molecular formula is C19H20F2N2O. The van der Waals surface area contributed by atoms with E-state index in [0.717, 1.165) is 0 Å². The molecule has 5 heteroatoms. The zero-order valence-electron chi connectivity index (χ0n) is 13.7. The fraction of sp³-hybridized carbons (Fsp3) is 0.316. The molecule has 2 rings (SSSR count). The standard InChI is InChI=1S/C19H20F2N2O/c1-13(2)19(12-24)22-11-18-17(21)10-9-16(23-18)8-5-14-3-6-15(20)7-4-14/h3-4,6-7,9-10,13,19,22,24H,11-12H2,1-2H3/t19-/m0/s1. The number of hydrogen-bond acceptors (Lipinski definition) is 3. The summed E-state index contributed by atoms with van der Waals surface area (Å²) < 4.78 is 26.7. The lowest BCUT2D eigenvalue weighted by Gasteiger charge is -2.19. The second-order valence-corrected chi connectivity index (χ2v) is 5.80. The molecule has 0 radical (unpaired) electrons. The van der Waals surface area contributed by atoms with Crippen molar-refractivity contribution in [1.29, 1.82) is 0 Å². The molecule has 0 aliphatic carbocycles. The molecule has 24 heavy (non-hydrogen) atoms. The van der Waals surface area contributed by atoms with Crippen LogP contribution in [0.4, 0.5) is 8.78 Å². The van der Waals surface area contributed by atoms with Crippen molar-refractivity contribution in [3.05, 3.63) is 65.0 Å². The number of rotatable bonds is 5. The molecule has 1 aromatic carbocycles. The lowest BCUT2D eigenvalue weighted by atomic mass is 10.1. The lowest BCUT2D eigenvalue weighted by molar-refractivity contribution is 0.209. The fourth-order valence-electron chi connectivity index (χ4n) is 2.09. The van der Waals surface area contributed by atoms with Gasteiger partial charge in [-0.3, -0.25) is 0 Å². The molecule has 0 unspecified atom stereocenters. The summed E-state index contributed by atoms with van der Waals surface area (Å²) in [6.07, 6.45) is 0. The third kappa shape index (κ3) is 5.12. The molecule has 2 N–H and O–H groups in total. The van der Waals surface area contributed by atoms with E-state index in [0.29, 0.717) is 11.3 Å². The summed E-state index contributed by atoms with van der Waals surface area (Å²) >= 11 is 0.